The molecule has 8 nitrogen and oxygen atoms in total. The molecule has 2 aromatic heterocycles. The third-order valence-electron chi connectivity index (χ3n) is 4.33. The zero-order valence-electron chi connectivity index (χ0n) is 13.9. The summed E-state index contributed by atoms with van der Waals surface area (Å²) in [6.07, 6.45) is 2.93. The van der Waals surface area contributed by atoms with Gasteiger partial charge in [0.05, 0.1) is 18.6 Å². The van der Waals surface area contributed by atoms with Crippen molar-refractivity contribution in [1.29, 1.82) is 0 Å². The van der Waals surface area contributed by atoms with E-state index in [0.29, 0.717) is 10.2 Å². The molecular formula is C16H22N4O4S. The van der Waals surface area contributed by atoms with E-state index in [9.17, 15) is 9.59 Å². The van der Waals surface area contributed by atoms with Gasteiger partial charge >= 0.3 is 5.97 Å². The number of carboxylic acid groups (broad SMARTS) is 1. The van der Waals surface area contributed by atoms with Crippen molar-refractivity contribution in [3.8, 4) is 0 Å². The minimum Gasteiger partial charge on any atom is -0.475 e. The number of carboxylic acids is 1. The largest absolute Gasteiger partial charge is 0.475 e. The van der Waals surface area contributed by atoms with Gasteiger partial charge in [-0.25, -0.2) is 9.78 Å². The first-order valence-electron chi connectivity index (χ1n) is 8.38. The van der Waals surface area contributed by atoms with E-state index < -0.39 is 5.97 Å². The number of thiophene rings is 1. The van der Waals surface area contributed by atoms with Crippen molar-refractivity contribution in [2.24, 2.45) is 5.73 Å². The molecular weight excluding hydrogens is 344 g/mol. The average molecular weight is 366 g/mol. The Morgan fingerprint density at radius 1 is 1.36 bits per heavy atom. The minimum atomic E-state index is -1.20. The highest BCUT2D eigenvalue weighted by molar-refractivity contribution is 7.18. The summed E-state index contributed by atoms with van der Waals surface area (Å²) >= 11 is 1.44. The van der Waals surface area contributed by atoms with Gasteiger partial charge in [0.25, 0.3) is 5.56 Å². The van der Waals surface area contributed by atoms with E-state index in [1.165, 1.54) is 16.2 Å². The fraction of sp³-hybridized carbons (Fsp3) is 0.562. The van der Waals surface area contributed by atoms with E-state index in [2.05, 4.69) is 14.9 Å². The Hall–Kier alpha value is -1.81. The molecule has 0 amide bonds. The van der Waals surface area contributed by atoms with E-state index in [1.54, 1.807) is 0 Å². The van der Waals surface area contributed by atoms with Crippen LogP contribution in [0.2, 0.25) is 0 Å². The predicted molar refractivity (Wildman–Crippen MR) is 95.5 cm³/mol. The van der Waals surface area contributed by atoms with Gasteiger partial charge in [0.15, 0.2) is 0 Å². The number of nitrogens with two attached hydrogens (primary N) is 1. The number of aromatic nitrogens is 2. The van der Waals surface area contributed by atoms with Crippen LogP contribution in [0.3, 0.4) is 0 Å². The van der Waals surface area contributed by atoms with Crippen LogP contribution in [-0.2, 0) is 17.6 Å². The molecule has 1 fully saturated rings. The number of rotatable bonds is 3. The van der Waals surface area contributed by atoms with Crippen LogP contribution < -0.4 is 11.3 Å². The van der Waals surface area contributed by atoms with Crippen LogP contribution in [0.5, 0.6) is 0 Å². The maximum Gasteiger partial charge on any atom is 0.372 e. The molecule has 3 heterocycles. The normalized spacial score (nSPS) is 17.2. The van der Waals surface area contributed by atoms with Crippen molar-refractivity contribution in [2.45, 2.75) is 19.3 Å². The number of nitrogens with one attached hydrogen (secondary N) is 1. The fourth-order valence-corrected chi connectivity index (χ4v) is 4.37. The van der Waals surface area contributed by atoms with Crippen LogP contribution in [0.25, 0.3) is 10.2 Å². The van der Waals surface area contributed by atoms with E-state index in [0.717, 1.165) is 64.2 Å². The summed E-state index contributed by atoms with van der Waals surface area (Å²) in [5.41, 5.74) is 6.11. The summed E-state index contributed by atoms with van der Waals surface area (Å²) in [6, 6.07) is 0. The molecule has 1 aliphatic heterocycles. The first-order chi connectivity index (χ1) is 12.1. The number of fused-ring (bicyclic) bond motifs is 3. The molecule has 4 N–H and O–H groups in total. The second-order valence-corrected chi connectivity index (χ2v) is 7.08. The predicted octanol–water partition coefficient (Wildman–Crippen LogP) is 0.449. The highest BCUT2D eigenvalue weighted by Crippen LogP contribution is 2.34. The van der Waals surface area contributed by atoms with Crippen molar-refractivity contribution < 1.29 is 14.6 Å². The van der Waals surface area contributed by atoms with E-state index in [4.69, 9.17) is 15.6 Å². The summed E-state index contributed by atoms with van der Waals surface area (Å²) in [5, 5.41) is 9.37. The molecule has 1 saturated heterocycles. The molecule has 25 heavy (non-hydrogen) atoms. The van der Waals surface area contributed by atoms with Gasteiger partial charge in [-0.15, -0.1) is 11.3 Å². The number of aryl methyl sites for hydroxylation is 2. The van der Waals surface area contributed by atoms with Crippen LogP contribution in [0, 0.1) is 0 Å². The van der Waals surface area contributed by atoms with E-state index >= 15 is 0 Å². The Balaban J connectivity index is 0.000000173. The molecule has 0 aromatic carbocycles. The first-order valence-corrected chi connectivity index (χ1v) is 9.20. The summed E-state index contributed by atoms with van der Waals surface area (Å²) in [4.78, 5) is 32.8. The summed E-state index contributed by atoms with van der Waals surface area (Å²) in [5.74, 6) is -1.48. The lowest BCUT2D eigenvalue weighted by Gasteiger charge is -2.25. The molecule has 0 saturated carbocycles. The van der Waals surface area contributed by atoms with Gasteiger partial charge < -0.3 is 20.6 Å². The third kappa shape index (κ3) is 4.06. The molecule has 0 unspecified atom stereocenters. The zero-order valence-corrected chi connectivity index (χ0v) is 14.7. The SMILES string of the molecule is NCCN1CCOCC1.O=C(O)c1nc2sc3c(c2c(=O)[nH]1)CCC3. The second kappa shape index (κ2) is 8.05. The third-order valence-corrected chi connectivity index (χ3v) is 5.51. The smallest absolute Gasteiger partial charge is 0.372 e. The molecule has 136 valence electrons. The number of ether oxygens (including phenoxy) is 1. The van der Waals surface area contributed by atoms with Crippen LogP contribution >= 0.6 is 11.3 Å². The van der Waals surface area contributed by atoms with Gasteiger partial charge in [-0.3, -0.25) is 9.69 Å². The van der Waals surface area contributed by atoms with Crippen molar-refractivity contribution in [2.75, 3.05) is 39.4 Å². The number of hydrogen-bond acceptors (Lipinski definition) is 7. The van der Waals surface area contributed by atoms with Crippen molar-refractivity contribution in [3.05, 3.63) is 26.6 Å². The average Bonchev–Trinajstić information content (AvgIpc) is 3.17. The van der Waals surface area contributed by atoms with Crippen LogP contribution in [0.15, 0.2) is 4.79 Å². The highest BCUT2D eigenvalue weighted by Gasteiger charge is 2.22. The molecule has 2 aliphatic rings. The lowest BCUT2D eigenvalue weighted by molar-refractivity contribution is 0.0394. The highest BCUT2D eigenvalue weighted by atomic mass is 32.1. The monoisotopic (exact) mass is 366 g/mol. The van der Waals surface area contributed by atoms with Crippen LogP contribution in [-0.4, -0.2) is 65.3 Å². The van der Waals surface area contributed by atoms with E-state index in [-0.39, 0.29) is 11.4 Å². The second-order valence-electron chi connectivity index (χ2n) is 6.00. The Kier molecular flexibility index (Phi) is 5.79. The molecule has 0 spiro atoms. The molecule has 1 aliphatic carbocycles. The van der Waals surface area contributed by atoms with Crippen molar-refractivity contribution in [3.63, 3.8) is 0 Å². The fourth-order valence-electron chi connectivity index (χ4n) is 3.11. The molecule has 9 heteroatoms. The number of morpholine rings is 1. The molecule has 2 aromatic rings. The number of nitrogens with zero attached hydrogens (tertiary/aromatic N) is 2. The Bertz CT molecular complexity index is 808. The molecule has 0 atom stereocenters. The number of hydrogen-bond donors (Lipinski definition) is 3. The Morgan fingerprint density at radius 3 is 2.80 bits per heavy atom. The summed E-state index contributed by atoms with van der Waals surface area (Å²) in [7, 11) is 0. The van der Waals surface area contributed by atoms with Crippen LogP contribution in [0.1, 0.15) is 27.5 Å². The summed E-state index contributed by atoms with van der Waals surface area (Å²) < 4.78 is 5.16. The van der Waals surface area contributed by atoms with Gasteiger partial charge in [-0.1, -0.05) is 0 Å². The lowest BCUT2D eigenvalue weighted by Crippen LogP contribution is -2.39. The first kappa shape index (κ1) is 18.0. The Morgan fingerprint density at radius 2 is 2.12 bits per heavy atom. The van der Waals surface area contributed by atoms with Gasteiger partial charge in [0.1, 0.15) is 4.83 Å². The molecule has 0 radical (unpaired) electrons. The van der Waals surface area contributed by atoms with Crippen LogP contribution in [0.4, 0.5) is 0 Å². The standard InChI is InChI=1S/C10H8N2O3S.C6H14N2O/c13-8-6-4-2-1-3-5(4)16-9(6)12-7(11-8)10(14)15;7-1-2-8-3-5-9-6-4-8/h1-3H2,(H,14,15)(H,11,12,13);1-7H2. The maximum absolute atomic E-state index is 11.8. The van der Waals surface area contributed by atoms with Gasteiger partial charge in [-0.05, 0) is 24.8 Å². The van der Waals surface area contributed by atoms with Gasteiger partial charge in [-0.2, -0.15) is 0 Å². The van der Waals surface area contributed by atoms with Crippen molar-refractivity contribution >= 4 is 27.5 Å². The zero-order chi connectivity index (χ0) is 17.8. The number of aromatic carboxylic acids is 1. The number of H-pyrrole nitrogens is 1. The number of aromatic amines is 1. The maximum atomic E-state index is 11.8. The lowest BCUT2D eigenvalue weighted by atomic mass is 10.2. The molecule has 4 rings (SSSR count). The number of carbonyl (C=O) groups is 1. The van der Waals surface area contributed by atoms with Crippen molar-refractivity contribution in [1.82, 2.24) is 14.9 Å². The minimum absolute atomic E-state index is 0.280. The Labute approximate surface area is 148 Å². The van der Waals surface area contributed by atoms with Gasteiger partial charge in [0.2, 0.25) is 5.82 Å². The summed E-state index contributed by atoms with van der Waals surface area (Å²) in [6.45, 7) is 5.64. The quantitative estimate of drug-likeness (QED) is 0.721. The molecule has 0 bridgehead atoms. The topological polar surface area (TPSA) is 122 Å². The van der Waals surface area contributed by atoms with E-state index in [1.807, 2.05) is 0 Å². The van der Waals surface area contributed by atoms with Gasteiger partial charge in [0, 0.05) is 31.1 Å².